The highest BCUT2D eigenvalue weighted by Crippen LogP contribution is 2.62. The Morgan fingerprint density at radius 2 is 2.12 bits per heavy atom. The summed E-state index contributed by atoms with van der Waals surface area (Å²) in [7, 11) is 2.14. The third kappa shape index (κ3) is 2.52. The zero-order chi connectivity index (χ0) is 16.6. The number of ether oxygens (including phenoxy) is 1. The Labute approximate surface area is 145 Å². The summed E-state index contributed by atoms with van der Waals surface area (Å²) in [6.45, 7) is 4.75. The van der Waals surface area contributed by atoms with Gasteiger partial charge >= 0.3 is 0 Å². The van der Waals surface area contributed by atoms with Gasteiger partial charge in [-0.15, -0.1) is 0 Å². The quantitative estimate of drug-likeness (QED) is 0.682. The molecule has 3 aliphatic rings. The van der Waals surface area contributed by atoms with E-state index in [-0.39, 0.29) is 0 Å². The van der Waals surface area contributed by atoms with Crippen molar-refractivity contribution in [1.82, 2.24) is 10.2 Å². The Kier molecular flexibility index (Phi) is 4.25. The van der Waals surface area contributed by atoms with Gasteiger partial charge in [0.1, 0.15) is 0 Å². The number of guanidine groups is 1. The van der Waals surface area contributed by atoms with Crippen molar-refractivity contribution in [3.05, 3.63) is 35.9 Å². The van der Waals surface area contributed by atoms with Crippen LogP contribution in [0.1, 0.15) is 38.2 Å². The highest BCUT2D eigenvalue weighted by atomic mass is 16.5. The van der Waals surface area contributed by atoms with Crippen LogP contribution in [0.5, 0.6) is 0 Å². The van der Waals surface area contributed by atoms with E-state index < -0.39 is 0 Å². The maximum Gasteiger partial charge on any atom is 0.194 e. The maximum absolute atomic E-state index is 6.04. The largest absolute Gasteiger partial charge is 0.377 e. The molecule has 4 heteroatoms. The SMILES string of the molecule is CCN=C(NC1C2CCOC2C12CCC2)N(C)Cc1ccccc1. The number of hydrogen-bond donors (Lipinski definition) is 1. The molecule has 1 spiro atoms. The Morgan fingerprint density at radius 3 is 2.79 bits per heavy atom. The van der Waals surface area contributed by atoms with E-state index in [0.717, 1.165) is 25.7 Å². The van der Waals surface area contributed by atoms with Gasteiger partial charge in [0.15, 0.2) is 5.96 Å². The van der Waals surface area contributed by atoms with E-state index in [9.17, 15) is 0 Å². The first-order valence-electron chi connectivity index (χ1n) is 9.42. The van der Waals surface area contributed by atoms with Crippen LogP contribution in [0.25, 0.3) is 0 Å². The Bertz CT molecular complexity index is 596. The highest BCUT2D eigenvalue weighted by molar-refractivity contribution is 5.80. The second-order valence-corrected chi connectivity index (χ2v) is 7.59. The molecule has 1 aromatic carbocycles. The summed E-state index contributed by atoms with van der Waals surface area (Å²) in [6, 6.07) is 11.2. The normalized spacial score (nSPS) is 30.4. The van der Waals surface area contributed by atoms with E-state index in [1.807, 2.05) is 0 Å². The van der Waals surface area contributed by atoms with Gasteiger partial charge in [-0.3, -0.25) is 4.99 Å². The second-order valence-electron chi connectivity index (χ2n) is 7.59. The van der Waals surface area contributed by atoms with Crippen molar-refractivity contribution in [3.8, 4) is 0 Å². The molecule has 1 aliphatic heterocycles. The molecule has 3 unspecified atom stereocenters. The van der Waals surface area contributed by atoms with Gasteiger partial charge in [0.25, 0.3) is 0 Å². The van der Waals surface area contributed by atoms with Crippen molar-refractivity contribution in [1.29, 1.82) is 0 Å². The summed E-state index contributed by atoms with van der Waals surface area (Å²) in [5, 5.41) is 3.83. The predicted octanol–water partition coefficient (Wildman–Crippen LogP) is 3.04. The number of aliphatic imine (C=N–C) groups is 1. The second kappa shape index (κ2) is 6.40. The van der Waals surface area contributed by atoms with Gasteiger partial charge < -0.3 is 15.0 Å². The summed E-state index contributed by atoms with van der Waals surface area (Å²) in [4.78, 5) is 7.03. The first-order chi connectivity index (χ1) is 11.7. The van der Waals surface area contributed by atoms with E-state index >= 15 is 0 Å². The molecular weight excluding hydrogens is 298 g/mol. The minimum absolute atomic E-state index is 0.392. The molecule has 3 fully saturated rings. The zero-order valence-corrected chi connectivity index (χ0v) is 14.9. The van der Waals surface area contributed by atoms with E-state index in [0.29, 0.717) is 23.5 Å². The third-order valence-electron chi connectivity index (χ3n) is 6.25. The molecule has 1 aromatic rings. The first kappa shape index (κ1) is 15.9. The van der Waals surface area contributed by atoms with Crippen LogP contribution in [-0.2, 0) is 11.3 Å². The number of nitrogens with one attached hydrogen (secondary N) is 1. The minimum atomic E-state index is 0.392. The fraction of sp³-hybridized carbons (Fsp3) is 0.650. The predicted molar refractivity (Wildman–Crippen MR) is 96.9 cm³/mol. The molecule has 1 heterocycles. The lowest BCUT2D eigenvalue weighted by Crippen LogP contribution is -2.72. The molecule has 0 bridgehead atoms. The molecule has 24 heavy (non-hydrogen) atoms. The van der Waals surface area contributed by atoms with E-state index in [1.165, 1.54) is 31.2 Å². The standard InChI is InChI=1S/C20H29N3O/c1-3-21-19(23(2)14-15-8-5-4-6-9-15)22-17-16-10-13-24-18(16)20(17)11-7-12-20/h4-6,8-9,16-18H,3,7,10-14H2,1-2H3,(H,21,22). The number of rotatable bonds is 4. The summed E-state index contributed by atoms with van der Waals surface area (Å²) in [5.41, 5.74) is 1.71. The van der Waals surface area contributed by atoms with Crippen LogP contribution in [0, 0.1) is 11.3 Å². The van der Waals surface area contributed by atoms with Gasteiger partial charge in [-0.2, -0.15) is 0 Å². The maximum atomic E-state index is 6.04. The van der Waals surface area contributed by atoms with Gasteiger partial charge in [-0.25, -0.2) is 0 Å². The molecular formula is C20H29N3O. The Morgan fingerprint density at radius 1 is 1.33 bits per heavy atom. The van der Waals surface area contributed by atoms with Crippen molar-refractivity contribution in [2.45, 2.75) is 51.3 Å². The van der Waals surface area contributed by atoms with E-state index in [1.54, 1.807) is 0 Å². The monoisotopic (exact) mass is 327 g/mol. The van der Waals surface area contributed by atoms with Crippen LogP contribution < -0.4 is 5.32 Å². The van der Waals surface area contributed by atoms with Crippen LogP contribution in [0.3, 0.4) is 0 Å². The van der Waals surface area contributed by atoms with Gasteiger partial charge in [0, 0.05) is 44.1 Å². The molecule has 0 aromatic heterocycles. The van der Waals surface area contributed by atoms with Crippen molar-refractivity contribution >= 4 is 5.96 Å². The summed E-state index contributed by atoms with van der Waals surface area (Å²) in [5.74, 6) is 1.72. The molecule has 0 amide bonds. The fourth-order valence-electron chi connectivity index (χ4n) is 4.95. The lowest BCUT2D eigenvalue weighted by molar-refractivity contribution is -0.171. The van der Waals surface area contributed by atoms with Crippen molar-refractivity contribution in [3.63, 3.8) is 0 Å². The average molecular weight is 327 g/mol. The Balaban J connectivity index is 1.47. The minimum Gasteiger partial charge on any atom is -0.377 e. The van der Waals surface area contributed by atoms with Crippen LogP contribution in [-0.4, -0.2) is 43.2 Å². The van der Waals surface area contributed by atoms with Crippen LogP contribution in [0.4, 0.5) is 0 Å². The highest BCUT2D eigenvalue weighted by Gasteiger charge is 2.66. The van der Waals surface area contributed by atoms with Gasteiger partial charge in [-0.05, 0) is 31.7 Å². The molecule has 0 radical (unpaired) electrons. The van der Waals surface area contributed by atoms with E-state index in [4.69, 9.17) is 9.73 Å². The lowest BCUT2D eigenvalue weighted by Gasteiger charge is -2.63. The molecule has 4 nitrogen and oxygen atoms in total. The van der Waals surface area contributed by atoms with Crippen molar-refractivity contribution in [2.75, 3.05) is 20.2 Å². The third-order valence-corrected chi connectivity index (χ3v) is 6.25. The molecule has 130 valence electrons. The topological polar surface area (TPSA) is 36.9 Å². The first-order valence-corrected chi connectivity index (χ1v) is 9.42. The number of nitrogens with zero attached hydrogens (tertiary/aromatic N) is 2. The average Bonchev–Trinajstić information content (AvgIpc) is 2.96. The number of benzene rings is 1. The molecule has 3 atom stereocenters. The molecule has 2 saturated carbocycles. The van der Waals surface area contributed by atoms with E-state index in [2.05, 4.69) is 54.5 Å². The van der Waals surface area contributed by atoms with Crippen LogP contribution in [0.2, 0.25) is 0 Å². The number of fused-ring (bicyclic) bond motifs is 2. The Hall–Kier alpha value is -1.55. The van der Waals surface area contributed by atoms with Crippen molar-refractivity contribution in [2.24, 2.45) is 16.3 Å². The molecule has 2 aliphatic carbocycles. The number of hydrogen-bond acceptors (Lipinski definition) is 2. The molecule has 4 rings (SSSR count). The summed E-state index contributed by atoms with van der Waals surface area (Å²) in [6.07, 6.45) is 5.68. The molecule has 1 saturated heterocycles. The molecule has 1 N–H and O–H groups in total. The van der Waals surface area contributed by atoms with Crippen LogP contribution >= 0.6 is 0 Å². The fourth-order valence-corrected chi connectivity index (χ4v) is 4.95. The summed E-state index contributed by atoms with van der Waals surface area (Å²) >= 11 is 0. The van der Waals surface area contributed by atoms with Crippen molar-refractivity contribution < 1.29 is 4.74 Å². The lowest BCUT2D eigenvalue weighted by atomic mass is 9.46. The van der Waals surface area contributed by atoms with Gasteiger partial charge in [-0.1, -0.05) is 36.8 Å². The summed E-state index contributed by atoms with van der Waals surface area (Å²) < 4.78 is 6.04. The van der Waals surface area contributed by atoms with Gasteiger partial charge in [0.05, 0.1) is 6.10 Å². The smallest absolute Gasteiger partial charge is 0.194 e. The van der Waals surface area contributed by atoms with Gasteiger partial charge in [0.2, 0.25) is 0 Å². The zero-order valence-electron chi connectivity index (χ0n) is 14.9. The van der Waals surface area contributed by atoms with Crippen LogP contribution in [0.15, 0.2) is 35.3 Å².